The van der Waals surface area contributed by atoms with Crippen molar-refractivity contribution in [2.24, 2.45) is 0 Å². The highest BCUT2D eigenvalue weighted by Gasteiger charge is 2.25. The molecule has 0 aromatic heterocycles. The Bertz CT molecular complexity index is 672. The Morgan fingerprint density at radius 3 is 2.56 bits per heavy atom. The lowest BCUT2D eigenvalue weighted by Gasteiger charge is -2.16. The van der Waals surface area contributed by atoms with Crippen LogP contribution in [0, 0.1) is 0 Å². The zero-order valence-electron chi connectivity index (χ0n) is 14.9. The van der Waals surface area contributed by atoms with Gasteiger partial charge in [0, 0.05) is 18.8 Å². The van der Waals surface area contributed by atoms with Crippen LogP contribution in [0.5, 0.6) is 0 Å². The molecule has 8 heteroatoms. The number of hydrogen-bond acceptors (Lipinski definition) is 6. The molecule has 1 aliphatic heterocycles. The molecule has 2 N–H and O–H groups in total. The number of allylic oxidation sites excluding steroid dienone is 1. The Morgan fingerprint density at radius 1 is 1.07 bits per heavy atom. The number of ketones is 1. The van der Waals surface area contributed by atoms with Crippen LogP contribution in [0.1, 0.15) is 5.56 Å². The fourth-order valence-electron chi connectivity index (χ4n) is 2.17. The van der Waals surface area contributed by atoms with Crippen LogP contribution in [0.15, 0.2) is 54.1 Å². The minimum atomic E-state index is -0.504. The molecule has 0 bridgehead atoms. The largest absolute Gasteiger partial charge is 0.482 e. The lowest BCUT2D eigenvalue weighted by atomic mass is 10.2. The molecular formula is C19H23N2O6. The van der Waals surface area contributed by atoms with Crippen LogP contribution in [-0.4, -0.2) is 56.4 Å². The van der Waals surface area contributed by atoms with Gasteiger partial charge in [-0.3, -0.25) is 9.59 Å². The van der Waals surface area contributed by atoms with Gasteiger partial charge >= 0.3 is 0 Å². The van der Waals surface area contributed by atoms with E-state index in [1.807, 2.05) is 30.3 Å². The second-order valence-corrected chi connectivity index (χ2v) is 5.47. The van der Waals surface area contributed by atoms with Crippen molar-refractivity contribution in [3.8, 4) is 0 Å². The fraction of sp³-hybridized carbons (Fsp3) is 0.368. The average Bonchev–Trinajstić information content (AvgIpc) is 2.69. The van der Waals surface area contributed by atoms with Crippen molar-refractivity contribution in [1.29, 1.82) is 0 Å². The van der Waals surface area contributed by atoms with Gasteiger partial charge in [0.2, 0.25) is 5.78 Å². The number of carbonyl (C=O) groups excluding carboxylic acids is 2. The van der Waals surface area contributed by atoms with Gasteiger partial charge in [0.1, 0.15) is 6.61 Å². The molecule has 0 saturated heterocycles. The minimum absolute atomic E-state index is 0.0312. The van der Waals surface area contributed by atoms with Crippen molar-refractivity contribution in [1.82, 2.24) is 10.6 Å². The Morgan fingerprint density at radius 2 is 1.81 bits per heavy atom. The molecule has 8 nitrogen and oxygen atoms in total. The number of hydrogen-bond donors (Lipinski definition) is 2. The van der Waals surface area contributed by atoms with Gasteiger partial charge in [-0.1, -0.05) is 30.3 Å². The number of aliphatic hydroxyl groups excluding tert-OH is 1. The predicted octanol–water partition coefficient (Wildman–Crippen LogP) is 0.257. The summed E-state index contributed by atoms with van der Waals surface area (Å²) < 4.78 is 15.9. The molecule has 0 atom stereocenters. The van der Waals surface area contributed by atoms with E-state index in [1.165, 1.54) is 12.3 Å². The Labute approximate surface area is 157 Å². The van der Waals surface area contributed by atoms with E-state index >= 15 is 0 Å². The van der Waals surface area contributed by atoms with Crippen LogP contribution in [-0.2, 0) is 30.4 Å². The molecule has 0 saturated carbocycles. The highest BCUT2D eigenvalue weighted by molar-refractivity contribution is 6.10. The fourth-order valence-corrected chi connectivity index (χ4v) is 2.17. The van der Waals surface area contributed by atoms with Crippen molar-refractivity contribution in [2.75, 3.05) is 39.6 Å². The molecule has 1 radical (unpaired) electrons. The second kappa shape index (κ2) is 11.8. The maximum atomic E-state index is 12.3. The molecule has 145 valence electrons. The molecule has 2 rings (SSSR count). The van der Waals surface area contributed by atoms with Gasteiger partial charge < -0.3 is 24.6 Å². The maximum absolute atomic E-state index is 12.3. The molecular weight excluding hydrogens is 352 g/mol. The molecule has 0 spiro atoms. The van der Waals surface area contributed by atoms with E-state index < -0.39 is 11.7 Å². The van der Waals surface area contributed by atoms with Gasteiger partial charge in [-0.2, -0.15) is 0 Å². The molecule has 0 fully saturated rings. The zero-order chi connectivity index (χ0) is 19.3. The van der Waals surface area contributed by atoms with Crippen molar-refractivity contribution >= 4 is 11.7 Å². The molecule has 1 aromatic carbocycles. The van der Waals surface area contributed by atoms with Gasteiger partial charge in [0.25, 0.3) is 5.91 Å². The number of nitrogens with one attached hydrogen (secondary N) is 1. The third-order valence-corrected chi connectivity index (χ3v) is 3.45. The van der Waals surface area contributed by atoms with Crippen molar-refractivity contribution in [3.63, 3.8) is 0 Å². The van der Waals surface area contributed by atoms with Gasteiger partial charge in [-0.25, -0.2) is 5.32 Å². The Kier molecular flexibility index (Phi) is 9.05. The summed E-state index contributed by atoms with van der Waals surface area (Å²) >= 11 is 0. The van der Waals surface area contributed by atoms with Gasteiger partial charge in [-0.05, 0) is 5.56 Å². The van der Waals surface area contributed by atoms with Crippen LogP contribution in [0.2, 0.25) is 0 Å². The van der Waals surface area contributed by atoms with Gasteiger partial charge in [0.05, 0.1) is 33.0 Å². The first-order valence-electron chi connectivity index (χ1n) is 8.59. The first-order valence-corrected chi connectivity index (χ1v) is 8.59. The van der Waals surface area contributed by atoms with E-state index in [0.717, 1.165) is 5.56 Å². The summed E-state index contributed by atoms with van der Waals surface area (Å²) in [6.07, 6.45) is 2.54. The number of carbonyl (C=O) groups is 2. The molecule has 1 heterocycles. The van der Waals surface area contributed by atoms with Crippen molar-refractivity contribution in [3.05, 3.63) is 59.6 Å². The Hall–Kier alpha value is -2.68. The molecule has 0 unspecified atom stereocenters. The van der Waals surface area contributed by atoms with E-state index in [1.54, 1.807) is 0 Å². The lowest BCUT2D eigenvalue weighted by Crippen LogP contribution is -2.34. The van der Waals surface area contributed by atoms with Crippen LogP contribution >= 0.6 is 0 Å². The lowest BCUT2D eigenvalue weighted by molar-refractivity contribution is -0.120. The monoisotopic (exact) mass is 375 g/mol. The second-order valence-electron chi connectivity index (χ2n) is 5.47. The van der Waals surface area contributed by atoms with E-state index in [9.17, 15) is 9.59 Å². The van der Waals surface area contributed by atoms with Crippen molar-refractivity contribution < 1.29 is 28.9 Å². The predicted molar refractivity (Wildman–Crippen MR) is 96.3 cm³/mol. The number of nitrogens with zero attached hydrogens (tertiary/aromatic N) is 1. The quantitative estimate of drug-likeness (QED) is 0.507. The summed E-state index contributed by atoms with van der Waals surface area (Å²) in [6.45, 7) is 1.66. The third kappa shape index (κ3) is 7.22. The maximum Gasteiger partial charge on any atom is 0.273 e. The molecule has 0 aliphatic carbocycles. The van der Waals surface area contributed by atoms with E-state index in [0.29, 0.717) is 13.2 Å². The molecule has 1 aromatic rings. The molecule has 1 aliphatic rings. The summed E-state index contributed by atoms with van der Waals surface area (Å²) in [5.74, 6) is -0.976. The van der Waals surface area contributed by atoms with E-state index in [4.69, 9.17) is 19.3 Å². The first kappa shape index (κ1) is 20.6. The first-order chi connectivity index (χ1) is 13.2. The van der Waals surface area contributed by atoms with E-state index in [2.05, 4.69) is 10.6 Å². The topological polar surface area (TPSA) is 108 Å². The number of aliphatic hydroxyl groups is 1. The van der Waals surface area contributed by atoms with Crippen LogP contribution in [0.3, 0.4) is 0 Å². The highest BCUT2D eigenvalue weighted by atomic mass is 16.5. The molecule has 27 heavy (non-hydrogen) atoms. The average molecular weight is 375 g/mol. The van der Waals surface area contributed by atoms with Gasteiger partial charge in [0.15, 0.2) is 11.5 Å². The minimum Gasteiger partial charge on any atom is -0.482 e. The number of rotatable bonds is 12. The number of ether oxygens (including phenoxy) is 3. The summed E-state index contributed by atoms with van der Waals surface area (Å²) in [4.78, 5) is 24.4. The smallest absolute Gasteiger partial charge is 0.273 e. The SMILES string of the molecule is O=C1C=C[N]C(C(=O)NCCOCCOCCO)=C1OCc1ccccc1. The standard InChI is InChI=1S/C19H23N2O6/c22-9-11-26-13-12-25-10-8-21-19(24)17-18(16(23)6-7-20-17)27-14-15-4-2-1-3-5-15/h1-7,22H,8-14H2,(H,21,24). The third-order valence-electron chi connectivity index (χ3n) is 3.45. The normalized spacial score (nSPS) is 13.4. The summed E-state index contributed by atoms with van der Waals surface area (Å²) in [5, 5.41) is 15.2. The highest BCUT2D eigenvalue weighted by Crippen LogP contribution is 2.15. The van der Waals surface area contributed by atoms with Gasteiger partial charge in [-0.15, -0.1) is 0 Å². The zero-order valence-corrected chi connectivity index (χ0v) is 14.9. The number of amides is 1. The van der Waals surface area contributed by atoms with Crippen molar-refractivity contribution in [2.45, 2.75) is 6.61 Å². The number of benzene rings is 1. The van der Waals surface area contributed by atoms with E-state index in [-0.39, 0.29) is 44.4 Å². The Balaban J connectivity index is 1.80. The van der Waals surface area contributed by atoms with Crippen LogP contribution < -0.4 is 10.6 Å². The van der Waals surface area contributed by atoms with Crippen LogP contribution in [0.25, 0.3) is 0 Å². The van der Waals surface area contributed by atoms with Crippen LogP contribution in [0.4, 0.5) is 0 Å². The molecule has 1 amide bonds. The summed E-state index contributed by atoms with van der Waals surface area (Å²) in [6, 6.07) is 9.34. The summed E-state index contributed by atoms with van der Waals surface area (Å²) in [7, 11) is 0. The summed E-state index contributed by atoms with van der Waals surface area (Å²) in [5.41, 5.74) is 0.827.